The van der Waals surface area contributed by atoms with Gasteiger partial charge in [0.25, 0.3) is 5.91 Å². The van der Waals surface area contributed by atoms with Crippen molar-refractivity contribution in [1.82, 2.24) is 0 Å². The molecule has 0 aliphatic rings. The summed E-state index contributed by atoms with van der Waals surface area (Å²) in [5.74, 6) is -2.07. The first kappa shape index (κ1) is 13.6. The van der Waals surface area contributed by atoms with E-state index in [4.69, 9.17) is 5.11 Å². The molecular formula is C14H9NO4S2. The number of hydrogen-bond donors (Lipinski definition) is 3. The molecule has 7 heteroatoms. The summed E-state index contributed by atoms with van der Waals surface area (Å²) < 4.78 is 2.04. The lowest BCUT2D eigenvalue weighted by atomic mass is 10.1. The Morgan fingerprint density at radius 2 is 1.95 bits per heavy atom. The molecule has 0 radical (unpaired) electrons. The van der Waals surface area contributed by atoms with Gasteiger partial charge >= 0.3 is 5.97 Å². The predicted molar refractivity (Wildman–Crippen MR) is 82.7 cm³/mol. The fraction of sp³-hybridized carbons (Fsp3) is 0. The number of hydrogen-bond acceptors (Lipinski definition) is 5. The van der Waals surface area contributed by atoms with E-state index >= 15 is 0 Å². The standard InChI is InChI=1S/C14H9NO4S2/c16-12-7(14(18)19)2-1-3-8(12)15-13(17)11-6-10-9(21-11)4-5-20-10/h1-6,16H,(H,15,17)(H,18,19). The number of carboxylic acids is 1. The summed E-state index contributed by atoms with van der Waals surface area (Å²) in [6, 6.07) is 7.90. The van der Waals surface area contributed by atoms with Crippen LogP contribution in [0.4, 0.5) is 5.69 Å². The Kier molecular flexibility index (Phi) is 3.36. The molecule has 0 unspecified atom stereocenters. The van der Waals surface area contributed by atoms with Crippen molar-refractivity contribution in [1.29, 1.82) is 0 Å². The van der Waals surface area contributed by atoms with Crippen LogP contribution >= 0.6 is 22.7 Å². The molecule has 0 aliphatic heterocycles. The van der Waals surface area contributed by atoms with E-state index in [2.05, 4.69) is 5.32 Å². The van der Waals surface area contributed by atoms with Crippen molar-refractivity contribution in [3.05, 3.63) is 46.2 Å². The Hall–Kier alpha value is -2.38. The van der Waals surface area contributed by atoms with Gasteiger partial charge in [-0.3, -0.25) is 4.79 Å². The number of benzene rings is 1. The summed E-state index contributed by atoms with van der Waals surface area (Å²) in [6.07, 6.45) is 0. The number of nitrogens with one attached hydrogen (secondary N) is 1. The maximum atomic E-state index is 12.2. The van der Waals surface area contributed by atoms with Gasteiger partial charge in [0.05, 0.1) is 10.6 Å². The fourth-order valence-electron chi connectivity index (χ4n) is 1.88. The third-order valence-electron chi connectivity index (χ3n) is 2.88. The van der Waals surface area contributed by atoms with Crippen LogP contribution in [0.3, 0.4) is 0 Å². The van der Waals surface area contributed by atoms with Crippen LogP contribution in [-0.2, 0) is 0 Å². The Morgan fingerprint density at radius 3 is 2.67 bits per heavy atom. The van der Waals surface area contributed by atoms with Crippen molar-refractivity contribution in [3.8, 4) is 5.75 Å². The van der Waals surface area contributed by atoms with E-state index in [0.29, 0.717) is 4.88 Å². The summed E-state index contributed by atoms with van der Waals surface area (Å²) in [7, 11) is 0. The molecule has 1 amide bonds. The largest absolute Gasteiger partial charge is 0.505 e. The fourth-order valence-corrected chi connectivity index (χ4v) is 3.88. The second kappa shape index (κ2) is 5.19. The normalized spacial score (nSPS) is 10.7. The molecule has 1 aromatic carbocycles. The molecule has 21 heavy (non-hydrogen) atoms. The Labute approximate surface area is 127 Å². The second-order valence-corrected chi connectivity index (χ2v) is 6.25. The highest BCUT2D eigenvalue weighted by atomic mass is 32.1. The molecule has 3 rings (SSSR count). The molecule has 106 valence electrons. The van der Waals surface area contributed by atoms with E-state index in [1.807, 2.05) is 11.4 Å². The molecule has 5 nitrogen and oxygen atoms in total. The van der Waals surface area contributed by atoms with E-state index in [1.165, 1.54) is 29.5 Å². The number of para-hydroxylation sites is 1. The van der Waals surface area contributed by atoms with Crippen LogP contribution < -0.4 is 5.32 Å². The molecule has 2 aromatic heterocycles. The van der Waals surface area contributed by atoms with E-state index in [-0.39, 0.29) is 17.2 Å². The predicted octanol–water partition coefficient (Wildman–Crippen LogP) is 3.62. The smallest absolute Gasteiger partial charge is 0.339 e. The van der Waals surface area contributed by atoms with Crippen LogP contribution in [0.1, 0.15) is 20.0 Å². The van der Waals surface area contributed by atoms with Gasteiger partial charge in [0, 0.05) is 9.40 Å². The maximum Gasteiger partial charge on any atom is 0.339 e. The molecule has 3 aromatic rings. The zero-order valence-corrected chi connectivity index (χ0v) is 12.1. The summed E-state index contributed by atoms with van der Waals surface area (Å²) >= 11 is 2.89. The highest BCUT2D eigenvalue weighted by Gasteiger charge is 2.16. The van der Waals surface area contributed by atoms with Gasteiger partial charge in [-0.05, 0) is 29.6 Å². The van der Waals surface area contributed by atoms with Crippen molar-refractivity contribution in [2.75, 3.05) is 5.32 Å². The van der Waals surface area contributed by atoms with E-state index in [9.17, 15) is 14.7 Å². The number of thiophene rings is 2. The lowest BCUT2D eigenvalue weighted by Crippen LogP contribution is -2.11. The average Bonchev–Trinajstić information content (AvgIpc) is 3.01. The highest BCUT2D eigenvalue weighted by Crippen LogP contribution is 2.32. The lowest BCUT2D eigenvalue weighted by molar-refractivity contribution is 0.0693. The first-order valence-corrected chi connectivity index (χ1v) is 7.59. The third-order valence-corrected chi connectivity index (χ3v) is 4.97. The van der Waals surface area contributed by atoms with Gasteiger partial charge in [-0.15, -0.1) is 22.7 Å². The van der Waals surface area contributed by atoms with Gasteiger partial charge in [-0.2, -0.15) is 0 Å². The molecule has 3 N–H and O–H groups in total. The Bertz CT molecular complexity index is 821. The number of anilines is 1. The molecule has 2 heterocycles. The van der Waals surface area contributed by atoms with Crippen LogP contribution in [0.2, 0.25) is 0 Å². The van der Waals surface area contributed by atoms with Crippen molar-refractivity contribution in [2.24, 2.45) is 0 Å². The first-order valence-electron chi connectivity index (χ1n) is 5.90. The van der Waals surface area contributed by atoms with Gasteiger partial charge < -0.3 is 15.5 Å². The van der Waals surface area contributed by atoms with Crippen LogP contribution in [0.15, 0.2) is 35.7 Å². The SMILES string of the molecule is O=C(Nc1cccc(C(=O)O)c1O)c1cc2sccc2s1. The molecule has 0 bridgehead atoms. The topological polar surface area (TPSA) is 86.6 Å². The highest BCUT2D eigenvalue weighted by molar-refractivity contribution is 7.27. The molecule has 0 saturated heterocycles. The minimum Gasteiger partial charge on any atom is -0.505 e. The Balaban J connectivity index is 1.89. The number of aromatic hydroxyl groups is 1. The second-order valence-electron chi connectivity index (χ2n) is 4.22. The van der Waals surface area contributed by atoms with Gasteiger partial charge in [0.15, 0.2) is 5.75 Å². The lowest BCUT2D eigenvalue weighted by Gasteiger charge is -2.08. The number of carbonyl (C=O) groups excluding carboxylic acids is 1. The number of fused-ring (bicyclic) bond motifs is 1. The molecule has 0 spiro atoms. The summed E-state index contributed by atoms with van der Waals surface area (Å²) in [4.78, 5) is 23.6. The van der Waals surface area contributed by atoms with Crippen LogP contribution in [0, 0.1) is 0 Å². The third kappa shape index (κ3) is 2.48. The molecule has 0 atom stereocenters. The Morgan fingerprint density at radius 1 is 1.14 bits per heavy atom. The van der Waals surface area contributed by atoms with Gasteiger partial charge in [0.2, 0.25) is 0 Å². The molecular weight excluding hydrogens is 310 g/mol. The summed E-state index contributed by atoms with van der Waals surface area (Å²) in [5.41, 5.74) is -0.170. The van der Waals surface area contributed by atoms with E-state index in [0.717, 1.165) is 9.40 Å². The van der Waals surface area contributed by atoms with Gasteiger partial charge in [0.1, 0.15) is 5.56 Å². The summed E-state index contributed by atoms with van der Waals surface area (Å²) in [5, 5.41) is 23.3. The first-order chi connectivity index (χ1) is 10.1. The van der Waals surface area contributed by atoms with Crippen LogP contribution in [0.5, 0.6) is 5.75 Å². The number of amides is 1. The van der Waals surface area contributed by atoms with Gasteiger partial charge in [-0.1, -0.05) is 6.07 Å². The van der Waals surface area contributed by atoms with E-state index < -0.39 is 11.7 Å². The minimum atomic E-state index is -1.25. The van der Waals surface area contributed by atoms with E-state index in [1.54, 1.807) is 17.4 Å². The molecule has 0 aliphatic carbocycles. The number of rotatable bonds is 3. The zero-order chi connectivity index (χ0) is 15.0. The minimum absolute atomic E-state index is 0.0802. The van der Waals surface area contributed by atoms with Crippen molar-refractivity contribution >= 4 is 49.6 Å². The average molecular weight is 319 g/mol. The number of carboxylic acid groups (broad SMARTS) is 1. The number of phenols is 1. The molecule has 0 fully saturated rings. The quantitative estimate of drug-likeness (QED) is 0.644. The number of aromatic carboxylic acids is 1. The number of carbonyl (C=O) groups is 2. The van der Waals surface area contributed by atoms with Crippen molar-refractivity contribution in [2.45, 2.75) is 0 Å². The monoisotopic (exact) mass is 319 g/mol. The zero-order valence-electron chi connectivity index (χ0n) is 10.5. The van der Waals surface area contributed by atoms with Gasteiger partial charge in [-0.25, -0.2) is 4.79 Å². The van der Waals surface area contributed by atoms with Crippen LogP contribution in [-0.4, -0.2) is 22.1 Å². The summed E-state index contributed by atoms with van der Waals surface area (Å²) in [6.45, 7) is 0. The molecule has 0 saturated carbocycles. The van der Waals surface area contributed by atoms with Crippen LogP contribution in [0.25, 0.3) is 9.40 Å². The maximum absolute atomic E-state index is 12.2. The van der Waals surface area contributed by atoms with Crippen molar-refractivity contribution < 1.29 is 19.8 Å². The van der Waals surface area contributed by atoms with Crippen molar-refractivity contribution in [3.63, 3.8) is 0 Å².